The average Bonchev–Trinajstić information content (AvgIpc) is 2.83. The van der Waals surface area contributed by atoms with E-state index >= 15 is 0 Å². The molecule has 1 nitrogen and oxygen atoms in total. The van der Waals surface area contributed by atoms with Crippen molar-refractivity contribution in [3.63, 3.8) is 0 Å². The fraction of sp³-hybridized carbons (Fsp3) is 0.571. The van der Waals surface area contributed by atoms with Gasteiger partial charge < -0.3 is 5.11 Å². The van der Waals surface area contributed by atoms with E-state index in [1.807, 2.05) is 0 Å². The van der Waals surface area contributed by atoms with Crippen molar-refractivity contribution in [2.45, 2.75) is 44.1 Å². The molecule has 0 bridgehead atoms. The van der Waals surface area contributed by atoms with Crippen LogP contribution in [0, 0.1) is 5.92 Å². The molecule has 0 saturated heterocycles. The van der Waals surface area contributed by atoms with E-state index in [0.717, 1.165) is 12.8 Å². The lowest BCUT2D eigenvalue weighted by molar-refractivity contribution is -0.00644. The Bertz CT molecular complexity index is 338. The maximum atomic E-state index is 10.7. The van der Waals surface area contributed by atoms with Crippen molar-refractivity contribution >= 4 is 0 Å². The van der Waals surface area contributed by atoms with Crippen LogP contribution in [0.4, 0.5) is 0 Å². The van der Waals surface area contributed by atoms with Gasteiger partial charge in [-0.1, -0.05) is 37.1 Å². The van der Waals surface area contributed by atoms with Gasteiger partial charge in [0.1, 0.15) is 0 Å². The molecule has 2 aliphatic carbocycles. The minimum atomic E-state index is -0.416. The summed E-state index contributed by atoms with van der Waals surface area (Å²) in [6.07, 6.45) is 6.84. The zero-order chi connectivity index (χ0) is 10.3. The molecule has 80 valence electrons. The second-order valence-corrected chi connectivity index (χ2v) is 5.21. The van der Waals surface area contributed by atoms with Gasteiger partial charge in [0.15, 0.2) is 0 Å². The number of rotatable bonds is 1. The van der Waals surface area contributed by atoms with Crippen molar-refractivity contribution in [1.82, 2.24) is 0 Å². The van der Waals surface area contributed by atoms with Crippen LogP contribution >= 0.6 is 0 Å². The van der Waals surface area contributed by atoms with Crippen LogP contribution < -0.4 is 0 Å². The van der Waals surface area contributed by atoms with Gasteiger partial charge in [0.25, 0.3) is 0 Å². The van der Waals surface area contributed by atoms with Crippen molar-refractivity contribution < 1.29 is 5.11 Å². The van der Waals surface area contributed by atoms with Crippen LogP contribution in [0.15, 0.2) is 24.3 Å². The van der Waals surface area contributed by atoms with Crippen LogP contribution in [0.2, 0.25) is 0 Å². The Morgan fingerprint density at radius 1 is 1.00 bits per heavy atom. The molecule has 2 aliphatic rings. The summed E-state index contributed by atoms with van der Waals surface area (Å²) in [6.45, 7) is 0. The van der Waals surface area contributed by atoms with Gasteiger partial charge in [-0.2, -0.15) is 0 Å². The lowest BCUT2D eigenvalue weighted by Gasteiger charge is -2.29. The minimum absolute atomic E-state index is 0.416. The zero-order valence-corrected chi connectivity index (χ0v) is 9.08. The topological polar surface area (TPSA) is 20.2 Å². The van der Waals surface area contributed by atoms with E-state index in [0.29, 0.717) is 5.92 Å². The van der Waals surface area contributed by atoms with Crippen LogP contribution in [0.25, 0.3) is 0 Å². The maximum absolute atomic E-state index is 10.7. The molecule has 1 aromatic carbocycles. The lowest BCUT2D eigenvalue weighted by atomic mass is 9.83. The quantitative estimate of drug-likeness (QED) is 0.742. The summed E-state index contributed by atoms with van der Waals surface area (Å²) in [5, 5.41) is 10.7. The van der Waals surface area contributed by atoms with Crippen molar-refractivity contribution in [3.8, 4) is 0 Å². The Morgan fingerprint density at radius 2 is 1.53 bits per heavy atom. The van der Waals surface area contributed by atoms with Crippen molar-refractivity contribution in [3.05, 3.63) is 35.4 Å². The summed E-state index contributed by atoms with van der Waals surface area (Å²) in [5.41, 5.74) is 2.32. The van der Waals surface area contributed by atoms with E-state index in [1.165, 1.54) is 36.8 Å². The summed E-state index contributed by atoms with van der Waals surface area (Å²) in [4.78, 5) is 0. The molecule has 0 radical (unpaired) electrons. The van der Waals surface area contributed by atoms with E-state index in [-0.39, 0.29) is 0 Å². The molecule has 1 fully saturated rings. The second-order valence-electron chi connectivity index (χ2n) is 5.21. The first kappa shape index (κ1) is 9.41. The molecule has 0 amide bonds. The summed E-state index contributed by atoms with van der Waals surface area (Å²) < 4.78 is 0. The highest BCUT2D eigenvalue weighted by atomic mass is 16.3. The molecule has 0 unspecified atom stereocenters. The zero-order valence-electron chi connectivity index (χ0n) is 9.08. The van der Waals surface area contributed by atoms with Crippen molar-refractivity contribution in [2.24, 2.45) is 5.92 Å². The molecule has 1 aromatic rings. The molecule has 1 heteroatoms. The number of hydrogen-bond donors (Lipinski definition) is 1. The van der Waals surface area contributed by atoms with E-state index in [4.69, 9.17) is 0 Å². The maximum Gasteiger partial charge on any atom is 0.0756 e. The molecule has 0 aromatic heterocycles. The molecular formula is C14H18O. The van der Waals surface area contributed by atoms with Gasteiger partial charge in [-0.15, -0.1) is 0 Å². The monoisotopic (exact) mass is 202 g/mol. The van der Waals surface area contributed by atoms with Crippen LogP contribution in [-0.4, -0.2) is 10.7 Å². The summed E-state index contributed by atoms with van der Waals surface area (Å²) in [6, 6.07) is 8.50. The second kappa shape index (κ2) is 3.34. The fourth-order valence-corrected chi connectivity index (χ4v) is 3.38. The largest absolute Gasteiger partial charge is 0.389 e. The summed E-state index contributed by atoms with van der Waals surface area (Å²) >= 11 is 0. The number of fused-ring (bicyclic) bond motifs is 1. The van der Waals surface area contributed by atoms with E-state index in [2.05, 4.69) is 24.3 Å². The third-order valence-corrected chi connectivity index (χ3v) is 4.23. The molecule has 0 spiro atoms. The third kappa shape index (κ3) is 1.50. The molecule has 1 N–H and O–H groups in total. The molecule has 3 rings (SSSR count). The Kier molecular flexibility index (Phi) is 2.10. The van der Waals surface area contributed by atoms with Crippen LogP contribution in [0.5, 0.6) is 0 Å². The van der Waals surface area contributed by atoms with Gasteiger partial charge in [0.05, 0.1) is 5.60 Å². The minimum Gasteiger partial charge on any atom is -0.389 e. The third-order valence-electron chi connectivity index (χ3n) is 4.23. The number of benzene rings is 1. The molecule has 0 aliphatic heterocycles. The van der Waals surface area contributed by atoms with Crippen molar-refractivity contribution in [2.75, 3.05) is 0 Å². The smallest absolute Gasteiger partial charge is 0.0756 e. The molecule has 0 atom stereocenters. The Morgan fingerprint density at radius 3 is 2.07 bits per heavy atom. The lowest BCUT2D eigenvalue weighted by Crippen LogP contribution is -2.37. The first-order chi connectivity index (χ1) is 7.28. The Hall–Kier alpha value is -0.820. The highest BCUT2D eigenvalue weighted by Gasteiger charge is 2.42. The van der Waals surface area contributed by atoms with Crippen LogP contribution in [0.1, 0.15) is 36.8 Å². The predicted octanol–water partition coefficient (Wildman–Crippen LogP) is 2.71. The average molecular weight is 202 g/mol. The summed E-state index contributed by atoms with van der Waals surface area (Å²) in [7, 11) is 0. The number of hydrogen-bond acceptors (Lipinski definition) is 1. The summed E-state index contributed by atoms with van der Waals surface area (Å²) in [5.74, 6) is 0.546. The SMILES string of the molecule is OC1(C2CCCC2)Cc2ccccc2C1. The van der Waals surface area contributed by atoms with E-state index in [9.17, 15) is 5.11 Å². The molecule has 0 heterocycles. The van der Waals surface area contributed by atoms with E-state index < -0.39 is 5.60 Å². The highest BCUT2D eigenvalue weighted by molar-refractivity contribution is 5.35. The standard InChI is InChI=1S/C14H18O/c15-14(13-7-3-4-8-13)9-11-5-1-2-6-12(11)10-14/h1-2,5-6,13,15H,3-4,7-10H2. The van der Waals surface area contributed by atoms with Gasteiger partial charge in [-0.05, 0) is 29.9 Å². The van der Waals surface area contributed by atoms with Gasteiger partial charge >= 0.3 is 0 Å². The highest BCUT2D eigenvalue weighted by Crippen LogP contribution is 2.42. The van der Waals surface area contributed by atoms with Gasteiger partial charge in [-0.25, -0.2) is 0 Å². The van der Waals surface area contributed by atoms with Gasteiger partial charge in [0.2, 0.25) is 0 Å². The number of aliphatic hydroxyl groups is 1. The fourth-order valence-electron chi connectivity index (χ4n) is 3.38. The van der Waals surface area contributed by atoms with Crippen LogP contribution in [0.3, 0.4) is 0 Å². The normalized spacial score (nSPS) is 24.3. The molecular weight excluding hydrogens is 184 g/mol. The van der Waals surface area contributed by atoms with Gasteiger partial charge in [-0.3, -0.25) is 0 Å². The Labute approximate surface area is 91.1 Å². The molecule has 15 heavy (non-hydrogen) atoms. The first-order valence-electron chi connectivity index (χ1n) is 6.07. The van der Waals surface area contributed by atoms with Crippen molar-refractivity contribution in [1.29, 1.82) is 0 Å². The first-order valence-corrected chi connectivity index (χ1v) is 6.07. The Balaban J connectivity index is 1.87. The van der Waals surface area contributed by atoms with Gasteiger partial charge in [0, 0.05) is 12.8 Å². The molecule has 1 saturated carbocycles. The van der Waals surface area contributed by atoms with Crippen LogP contribution in [-0.2, 0) is 12.8 Å². The predicted molar refractivity (Wildman–Crippen MR) is 60.8 cm³/mol. The van der Waals surface area contributed by atoms with E-state index in [1.54, 1.807) is 0 Å².